The lowest BCUT2D eigenvalue weighted by atomic mass is 10.1. The number of aliphatic hydroxyl groups is 1. The summed E-state index contributed by atoms with van der Waals surface area (Å²) < 4.78 is 4.73. The van der Waals surface area contributed by atoms with Crippen LogP contribution in [0.2, 0.25) is 5.02 Å². The van der Waals surface area contributed by atoms with Crippen LogP contribution < -0.4 is 0 Å². The number of halogens is 3. The third-order valence-electron chi connectivity index (χ3n) is 2.15. The summed E-state index contributed by atoms with van der Waals surface area (Å²) in [4.78, 5) is 11.2. The molecule has 1 aliphatic rings. The fourth-order valence-electron chi connectivity index (χ4n) is 1.32. The Morgan fingerprint density at radius 2 is 1.69 bits per heavy atom. The molecular weight excluding hydrogens is 274 g/mol. The number of hydrogen-bond donors (Lipinski definition) is 1. The Bertz CT molecular complexity index is 481. The van der Waals surface area contributed by atoms with Crippen molar-refractivity contribution in [1.82, 2.24) is 0 Å². The molecule has 3 nitrogen and oxygen atoms in total. The summed E-state index contributed by atoms with van der Waals surface area (Å²) in [5.74, 6) is -2.87. The molecule has 0 saturated carbocycles. The van der Waals surface area contributed by atoms with Gasteiger partial charge in [-0.15, -0.1) is 0 Å². The molecular formula is C10H5Cl3O3. The minimum Gasteiger partial charge on any atom is -0.419 e. The largest absolute Gasteiger partial charge is 0.419 e. The highest BCUT2D eigenvalue weighted by Crippen LogP contribution is 2.42. The third kappa shape index (κ3) is 1.70. The highest BCUT2D eigenvalue weighted by atomic mass is 35.5. The average molecular weight is 280 g/mol. The van der Waals surface area contributed by atoms with Crippen molar-refractivity contribution in [2.75, 3.05) is 0 Å². The molecule has 16 heavy (non-hydrogen) atoms. The Hall–Kier alpha value is -0.740. The maximum Gasteiger partial charge on any atom is 0.354 e. The van der Waals surface area contributed by atoms with E-state index in [1.807, 2.05) is 0 Å². The highest BCUT2D eigenvalue weighted by Gasteiger charge is 2.47. The summed E-state index contributed by atoms with van der Waals surface area (Å²) in [6.45, 7) is 0. The van der Waals surface area contributed by atoms with E-state index in [-0.39, 0.29) is 15.6 Å². The topological polar surface area (TPSA) is 46.5 Å². The van der Waals surface area contributed by atoms with E-state index in [9.17, 15) is 9.90 Å². The van der Waals surface area contributed by atoms with E-state index in [1.54, 1.807) is 12.1 Å². The zero-order valence-corrected chi connectivity index (χ0v) is 9.97. The van der Waals surface area contributed by atoms with Gasteiger partial charge in [-0.25, -0.2) is 4.79 Å². The Kier molecular flexibility index (Phi) is 2.88. The number of cyclic esters (lactones) is 1. The van der Waals surface area contributed by atoms with Gasteiger partial charge >= 0.3 is 5.97 Å². The van der Waals surface area contributed by atoms with Gasteiger partial charge in [0.1, 0.15) is 10.1 Å². The predicted molar refractivity (Wildman–Crippen MR) is 60.2 cm³/mol. The van der Waals surface area contributed by atoms with Crippen LogP contribution in [0.1, 0.15) is 5.56 Å². The minimum absolute atomic E-state index is 0.249. The van der Waals surface area contributed by atoms with Crippen molar-refractivity contribution in [3.05, 3.63) is 44.9 Å². The maximum atomic E-state index is 11.2. The summed E-state index contributed by atoms with van der Waals surface area (Å²) in [6.07, 6.45) is 0. The molecule has 1 heterocycles. The van der Waals surface area contributed by atoms with Crippen molar-refractivity contribution in [1.29, 1.82) is 0 Å². The van der Waals surface area contributed by atoms with Crippen molar-refractivity contribution >= 4 is 40.8 Å². The molecule has 1 aromatic rings. The number of ether oxygens (including phenoxy) is 1. The van der Waals surface area contributed by atoms with Gasteiger partial charge in [0.15, 0.2) is 0 Å². The fourth-order valence-corrected chi connectivity index (χ4v) is 1.84. The predicted octanol–water partition coefficient (Wildman–Crippen LogP) is 2.73. The molecule has 6 heteroatoms. The standard InChI is InChI=1S/C10H5Cl3O3/c11-6-3-1-5(2-4-6)10(15)8(13)7(12)9(14)16-10/h1-4,15H/t10-/m1/s1. The van der Waals surface area contributed by atoms with Crippen LogP contribution in [0.15, 0.2) is 34.3 Å². The molecule has 0 unspecified atom stereocenters. The Balaban J connectivity index is 2.49. The van der Waals surface area contributed by atoms with Crippen molar-refractivity contribution in [2.24, 2.45) is 0 Å². The molecule has 0 saturated heterocycles. The second-order valence-electron chi connectivity index (χ2n) is 3.17. The molecule has 1 atom stereocenters. The first-order valence-electron chi connectivity index (χ1n) is 4.22. The van der Waals surface area contributed by atoms with Crippen LogP contribution in [-0.4, -0.2) is 11.1 Å². The first-order chi connectivity index (χ1) is 7.45. The summed E-state index contributed by atoms with van der Waals surface area (Å²) >= 11 is 17.0. The van der Waals surface area contributed by atoms with Crippen molar-refractivity contribution in [3.8, 4) is 0 Å². The summed E-state index contributed by atoms with van der Waals surface area (Å²) in [5, 5.41) is 10.0. The van der Waals surface area contributed by atoms with E-state index in [2.05, 4.69) is 0 Å². The lowest BCUT2D eigenvalue weighted by molar-refractivity contribution is -0.183. The number of esters is 1. The Morgan fingerprint density at radius 3 is 2.12 bits per heavy atom. The number of benzene rings is 1. The molecule has 0 bridgehead atoms. The Labute approximate surface area is 106 Å². The van der Waals surface area contributed by atoms with E-state index >= 15 is 0 Å². The normalized spacial score (nSPS) is 24.9. The molecule has 2 rings (SSSR count). The van der Waals surface area contributed by atoms with Crippen molar-refractivity contribution in [3.63, 3.8) is 0 Å². The SMILES string of the molecule is O=C1O[C@](O)(c2ccc(Cl)cc2)C(Cl)=C1Cl. The minimum atomic E-state index is -2.01. The second kappa shape index (κ2) is 3.93. The highest BCUT2D eigenvalue weighted by molar-refractivity contribution is 6.48. The van der Waals surface area contributed by atoms with Gasteiger partial charge in [-0.1, -0.05) is 46.9 Å². The summed E-state index contributed by atoms with van der Waals surface area (Å²) in [5.41, 5.74) is 0.283. The van der Waals surface area contributed by atoms with Crippen molar-refractivity contribution in [2.45, 2.75) is 5.79 Å². The van der Waals surface area contributed by atoms with Gasteiger partial charge in [0.05, 0.1) is 0 Å². The fraction of sp³-hybridized carbons (Fsp3) is 0.100. The number of rotatable bonds is 1. The van der Waals surface area contributed by atoms with E-state index in [1.165, 1.54) is 12.1 Å². The zero-order chi connectivity index (χ0) is 11.9. The van der Waals surface area contributed by atoms with Gasteiger partial charge in [-0.2, -0.15) is 0 Å². The van der Waals surface area contributed by atoms with E-state index < -0.39 is 11.8 Å². The lowest BCUT2D eigenvalue weighted by Crippen LogP contribution is -2.27. The van der Waals surface area contributed by atoms with Gasteiger partial charge in [-0.05, 0) is 12.1 Å². The first kappa shape index (κ1) is 11.7. The van der Waals surface area contributed by atoms with Gasteiger partial charge < -0.3 is 9.84 Å². The van der Waals surface area contributed by atoms with E-state index in [0.29, 0.717) is 5.02 Å². The quantitative estimate of drug-likeness (QED) is 0.804. The van der Waals surface area contributed by atoms with Crippen LogP contribution in [0, 0.1) is 0 Å². The molecule has 1 aliphatic heterocycles. The van der Waals surface area contributed by atoms with E-state index in [0.717, 1.165) is 0 Å². The third-order valence-corrected chi connectivity index (χ3v) is 3.28. The molecule has 0 fully saturated rings. The van der Waals surface area contributed by atoms with Gasteiger partial charge in [-0.3, -0.25) is 0 Å². The number of carbonyl (C=O) groups is 1. The molecule has 0 spiro atoms. The molecule has 1 aromatic carbocycles. The zero-order valence-electron chi connectivity index (χ0n) is 7.71. The van der Waals surface area contributed by atoms with Crippen molar-refractivity contribution < 1.29 is 14.6 Å². The maximum absolute atomic E-state index is 11.2. The molecule has 84 valence electrons. The first-order valence-corrected chi connectivity index (χ1v) is 5.36. The smallest absolute Gasteiger partial charge is 0.354 e. The Morgan fingerprint density at radius 1 is 1.12 bits per heavy atom. The second-order valence-corrected chi connectivity index (χ2v) is 4.36. The van der Waals surface area contributed by atoms with Gasteiger partial charge in [0, 0.05) is 10.6 Å². The number of hydrogen-bond acceptors (Lipinski definition) is 3. The van der Waals surface area contributed by atoms with Crippen LogP contribution in [0.4, 0.5) is 0 Å². The van der Waals surface area contributed by atoms with Gasteiger partial charge in [0.2, 0.25) is 0 Å². The summed E-state index contributed by atoms with van der Waals surface area (Å²) in [7, 11) is 0. The van der Waals surface area contributed by atoms with Crippen LogP contribution in [0.25, 0.3) is 0 Å². The monoisotopic (exact) mass is 278 g/mol. The molecule has 0 aliphatic carbocycles. The van der Waals surface area contributed by atoms with Crippen LogP contribution in [-0.2, 0) is 15.3 Å². The van der Waals surface area contributed by atoms with Crippen LogP contribution in [0.3, 0.4) is 0 Å². The molecule has 0 radical (unpaired) electrons. The average Bonchev–Trinajstić information content (AvgIpc) is 2.45. The van der Waals surface area contributed by atoms with Crippen LogP contribution in [0.5, 0.6) is 0 Å². The van der Waals surface area contributed by atoms with E-state index in [4.69, 9.17) is 39.5 Å². The summed E-state index contributed by atoms with van der Waals surface area (Å²) in [6, 6.07) is 6.07. The molecule has 0 amide bonds. The molecule has 0 aromatic heterocycles. The number of carbonyl (C=O) groups excluding carboxylic acids is 1. The lowest BCUT2D eigenvalue weighted by Gasteiger charge is -2.21. The van der Waals surface area contributed by atoms with Crippen LogP contribution >= 0.6 is 34.8 Å². The van der Waals surface area contributed by atoms with Gasteiger partial charge in [0.25, 0.3) is 5.79 Å². The molecule has 1 N–H and O–H groups in total.